The Balaban J connectivity index is 2.33. The predicted octanol–water partition coefficient (Wildman–Crippen LogP) is -0.100. The van der Waals surface area contributed by atoms with Gasteiger partial charge >= 0.3 is 0 Å². The number of aliphatic hydroxyl groups is 1. The quantitative estimate of drug-likeness (QED) is 0.653. The normalized spacial score (nSPS) is 23.1. The van der Waals surface area contributed by atoms with Crippen LogP contribution in [-0.4, -0.2) is 72.7 Å². The molecule has 5 nitrogen and oxygen atoms in total. The molecule has 0 spiro atoms. The number of hydrogen-bond donors (Lipinski definition) is 2. The van der Waals surface area contributed by atoms with Crippen LogP contribution in [0.25, 0.3) is 0 Å². The number of rotatable bonds is 6. The molecule has 1 aliphatic rings. The van der Waals surface area contributed by atoms with Crippen LogP contribution >= 0.6 is 0 Å². The number of nitrogens with zero attached hydrogens (tertiary/aromatic N) is 2. The second kappa shape index (κ2) is 7.71. The van der Waals surface area contributed by atoms with Crippen molar-refractivity contribution in [2.24, 2.45) is 0 Å². The number of amides is 1. The van der Waals surface area contributed by atoms with Crippen LogP contribution in [-0.2, 0) is 4.79 Å². The highest BCUT2D eigenvalue weighted by atomic mass is 16.3. The van der Waals surface area contributed by atoms with Crippen molar-refractivity contribution in [3.8, 4) is 0 Å². The molecule has 1 rings (SSSR count). The lowest BCUT2D eigenvalue weighted by atomic mass is 10.1. The van der Waals surface area contributed by atoms with Gasteiger partial charge in [0.2, 0.25) is 5.91 Å². The maximum absolute atomic E-state index is 12.0. The van der Waals surface area contributed by atoms with E-state index in [2.05, 4.69) is 17.1 Å². The third kappa shape index (κ3) is 4.92. The van der Waals surface area contributed by atoms with E-state index in [1.54, 1.807) is 0 Å². The molecular formula is C13H27N3O2. The highest BCUT2D eigenvalue weighted by Gasteiger charge is 2.26. The summed E-state index contributed by atoms with van der Waals surface area (Å²) < 4.78 is 0. The lowest BCUT2D eigenvalue weighted by molar-refractivity contribution is -0.134. The van der Waals surface area contributed by atoms with Crippen LogP contribution in [0.3, 0.4) is 0 Å². The molecule has 1 aliphatic heterocycles. The summed E-state index contributed by atoms with van der Waals surface area (Å²) in [4.78, 5) is 16.2. The minimum absolute atomic E-state index is 0.258. The summed E-state index contributed by atoms with van der Waals surface area (Å²) in [6, 6.07) is 0.335. The number of aliphatic hydroxyl groups excluding tert-OH is 1. The summed E-state index contributed by atoms with van der Waals surface area (Å²) in [5.74, 6) is 0.258. The first-order valence-electron chi connectivity index (χ1n) is 6.89. The molecule has 1 heterocycles. The highest BCUT2D eigenvalue weighted by molar-refractivity contribution is 5.76. The van der Waals surface area contributed by atoms with Gasteiger partial charge < -0.3 is 15.3 Å². The highest BCUT2D eigenvalue weighted by Crippen LogP contribution is 2.11. The Morgan fingerprint density at radius 1 is 1.50 bits per heavy atom. The van der Waals surface area contributed by atoms with Crippen LogP contribution in [0.5, 0.6) is 0 Å². The van der Waals surface area contributed by atoms with E-state index in [0.29, 0.717) is 19.0 Å². The first-order chi connectivity index (χ1) is 8.54. The van der Waals surface area contributed by atoms with E-state index in [9.17, 15) is 9.90 Å². The van der Waals surface area contributed by atoms with E-state index < -0.39 is 0 Å². The molecule has 2 atom stereocenters. The van der Waals surface area contributed by atoms with Crippen molar-refractivity contribution in [2.75, 3.05) is 39.8 Å². The lowest BCUT2D eigenvalue weighted by Crippen LogP contribution is -2.54. The summed E-state index contributed by atoms with van der Waals surface area (Å²) >= 11 is 0. The minimum atomic E-state index is -0.301. The summed E-state index contributed by atoms with van der Waals surface area (Å²) in [7, 11) is 1.90. The predicted molar refractivity (Wildman–Crippen MR) is 72.5 cm³/mol. The zero-order chi connectivity index (χ0) is 13.5. The van der Waals surface area contributed by atoms with Gasteiger partial charge in [0.05, 0.1) is 6.10 Å². The van der Waals surface area contributed by atoms with E-state index in [0.717, 1.165) is 32.6 Å². The third-order valence-electron chi connectivity index (χ3n) is 3.43. The Hall–Kier alpha value is -0.650. The lowest BCUT2D eigenvalue weighted by Gasteiger charge is -2.40. The third-order valence-corrected chi connectivity index (χ3v) is 3.43. The van der Waals surface area contributed by atoms with Gasteiger partial charge in [-0.05, 0) is 33.9 Å². The average molecular weight is 257 g/mol. The second-order valence-corrected chi connectivity index (χ2v) is 5.24. The minimum Gasteiger partial charge on any atom is -0.392 e. The zero-order valence-electron chi connectivity index (χ0n) is 11.9. The molecule has 0 aliphatic carbocycles. The van der Waals surface area contributed by atoms with Crippen LogP contribution in [0.4, 0.5) is 0 Å². The summed E-state index contributed by atoms with van der Waals surface area (Å²) in [6.07, 6.45) is 1.23. The van der Waals surface area contributed by atoms with Crippen molar-refractivity contribution in [3.63, 3.8) is 0 Å². The molecule has 0 saturated carbocycles. The smallest absolute Gasteiger partial charge is 0.222 e. The van der Waals surface area contributed by atoms with Crippen molar-refractivity contribution in [1.29, 1.82) is 0 Å². The number of nitrogens with one attached hydrogen (secondary N) is 1. The first kappa shape index (κ1) is 15.4. The number of carbonyl (C=O) groups excluding carboxylic acids is 1. The first-order valence-corrected chi connectivity index (χ1v) is 6.89. The molecule has 0 aromatic heterocycles. The summed E-state index contributed by atoms with van der Waals surface area (Å²) in [5.41, 5.74) is 0. The molecule has 2 unspecified atom stereocenters. The molecule has 1 saturated heterocycles. The molecule has 0 aromatic rings. The molecule has 1 fully saturated rings. The van der Waals surface area contributed by atoms with Gasteiger partial charge in [0, 0.05) is 38.6 Å². The zero-order valence-corrected chi connectivity index (χ0v) is 11.9. The van der Waals surface area contributed by atoms with Crippen LogP contribution in [0, 0.1) is 0 Å². The number of hydrogen-bond acceptors (Lipinski definition) is 4. The van der Waals surface area contributed by atoms with Crippen LogP contribution in [0.2, 0.25) is 0 Å². The van der Waals surface area contributed by atoms with Crippen molar-refractivity contribution in [3.05, 3.63) is 0 Å². The van der Waals surface area contributed by atoms with Crippen molar-refractivity contribution in [2.45, 2.75) is 38.8 Å². The van der Waals surface area contributed by atoms with Gasteiger partial charge in [-0.25, -0.2) is 0 Å². The van der Waals surface area contributed by atoms with Gasteiger partial charge in [0.1, 0.15) is 0 Å². The largest absolute Gasteiger partial charge is 0.392 e. The Bertz CT molecular complexity index is 259. The van der Waals surface area contributed by atoms with E-state index in [1.807, 2.05) is 18.9 Å². The fourth-order valence-electron chi connectivity index (χ4n) is 2.41. The topological polar surface area (TPSA) is 55.8 Å². The summed E-state index contributed by atoms with van der Waals surface area (Å²) in [6.45, 7) is 7.95. The number of β-amino-alcohol motifs (C(OH)–C–C–N with tert-alkyl or cyclic N) is 1. The van der Waals surface area contributed by atoms with Crippen LogP contribution in [0.1, 0.15) is 26.7 Å². The van der Waals surface area contributed by atoms with E-state index in [4.69, 9.17) is 0 Å². The molecule has 1 amide bonds. The SMILES string of the molecule is CNCCCC(=O)N1CCN(CC(C)O)C(C)C1. The molecule has 18 heavy (non-hydrogen) atoms. The Labute approximate surface area is 110 Å². The maximum Gasteiger partial charge on any atom is 0.222 e. The molecule has 0 bridgehead atoms. The van der Waals surface area contributed by atoms with Gasteiger partial charge in [-0.2, -0.15) is 0 Å². The van der Waals surface area contributed by atoms with Gasteiger partial charge in [-0.15, -0.1) is 0 Å². The number of piperazine rings is 1. The van der Waals surface area contributed by atoms with Crippen LogP contribution < -0.4 is 5.32 Å². The van der Waals surface area contributed by atoms with Gasteiger partial charge in [0.15, 0.2) is 0 Å². The maximum atomic E-state index is 12.0. The van der Waals surface area contributed by atoms with Crippen molar-refractivity contribution in [1.82, 2.24) is 15.1 Å². The Morgan fingerprint density at radius 3 is 2.78 bits per heavy atom. The van der Waals surface area contributed by atoms with E-state index >= 15 is 0 Å². The second-order valence-electron chi connectivity index (χ2n) is 5.24. The van der Waals surface area contributed by atoms with E-state index in [-0.39, 0.29) is 12.0 Å². The molecular weight excluding hydrogens is 230 g/mol. The molecule has 106 valence electrons. The Morgan fingerprint density at radius 2 is 2.22 bits per heavy atom. The monoisotopic (exact) mass is 257 g/mol. The molecule has 5 heteroatoms. The fraction of sp³-hybridized carbons (Fsp3) is 0.923. The van der Waals surface area contributed by atoms with Gasteiger partial charge in [-0.3, -0.25) is 9.69 Å². The van der Waals surface area contributed by atoms with Crippen molar-refractivity contribution < 1.29 is 9.90 Å². The van der Waals surface area contributed by atoms with Crippen LogP contribution in [0.15, 0.2) is 0 Å². The molecule has 0 radical (unpaired) electrons. The van der Waals surface area contributed by atoms with E-state index in [1.165, 1.54) is 0 Å². The standard InChI is InChI=1S/C13H27N3O2/c1-11-9-16(13(18)5-4-6-14-3)8-7-15(11)10-12(2)17/h11-12,14,17H,4-10H2,1-3H3. The fourth-order valence-corrected chi connectivity index (χ4v) is 2.41. The molecule has 2 N–H and O–H groups in total. The number of carbonyl (C=O) groups is 1. The van der Waals surface area contributed by atoms with Crippen molar-refractivity contribution >= 4 is 5.91 Å². The van der Waals surface area contributed by atoms with Gasteiger partial charge in [0.25, 0.3) is 0 Å². The average Bonchev–Trinajstić information content (AvgIpc) is 2.31. The summed E-state index contributed by atoms with van der Waals surface area (Å²) in [5, 5.41) is 12.5. The molecule has 0 aromatic carbocycles. The Kier molecular flexibility index (Phi) is 6.60. The van der Waals surface area contributed by atoms with Gasteiger partial charge in [-0.1, -0.05) is 0 Å².